The summed E-state index contributed by atoms with van der Waals surface area (Å²) in [6, 6.07) is 12.7. The zero-order valence-corrected chi connectivity index (χ0v) is 14.7. The van der Waals surface area contributed by atoms with Crippen LogP contribution in [-0.2, 0) is 11.2 Å². The third-order valence-corrected chi connectivity index (χ3v) is 4.22. The Kier molecular flexibility index (Phi) is 4.80. The van der Waals surface area contributed by atoms with E-state index < -0.39 is 11.6 Å². The highest BCUT2D eigenvalue weighted by Gasteiger charge is 2.16. The molecule has 28 heavy (non-hydrogen) atoms. The lowest BCUT2D eigenvalue weighted by Gasteiger charge is -2.05. The van der Waals surface area contributed by atoms with Gasteiger partial charge < -0.3 is 9.73 Å². The van der Waals surface area contributed by atoms with Crippen molar-refractivity contribution >= 4 is 22.5 Å². The van der Waals surface area contributed by atoms with Crippen LogP contribution in [0.25, 0.3) is 22.2 Å². The van der Waals surface area contributed by atoms with Crippen LogP contribution in [0.4, 0.5) is 14.5 Å². The van der Waals surface area contributed by atoms with Crippen molar-refractivity contribution in [1.82, 2.24) is 9.97 Å². The maximum absolute atomic E-state index is 13.8. The lowest BCUT2D eigenvalue weighted by Crippen LogP contribution is -2.12. The van der Waals surface area contributed by atoms with E-state index in [0.717, 1.165) is 23.0 Å². The third kappa shape index (κ3) is 3.73. The first-order chi connectivity index (χ1) is 13.6. The number of carbonyl (C=O) groups is 1. The van der Waals surface area contributed by atoms with Crippen LogP contribution in [0.2, 0.25) is 0 Å². The molecule has 1 amide bonds. The number of benzene rings is 2. The van der Waals surface area contributed by atoms with Crippen LogP contribution in [0, 0.1) is 11.6 Å². The second-order valence-electron chi connectivity index (χ2n) is 6.17. The van der Waals surface area contributed by atoms with E-state index >= 15 is 0 Å². The highest BCUT2D eigenvalue weighted by Crippen LogP contribution is 2.27. The van der Waals surface area contributed by atoms with Crippen molar-refractivity contribution in [3.05, 3.63) is 78.4 Å². The van der Waals surface area contributed by atoms with Crippen LogP contribution in [-0.4, -0.2) is 15.9 Å². The number of anilines is 1. The molecule has 0 aliphatic rings. The molecule has 0 aliphatic heterocycles. The Balaban J connectivity index is 1.40. The summed E-state index contributed by atoms with van der Waals surface area (Å²) in [5.41, 5.74) is 1.23. The number of carbonyl (C=O) groups excluding carboxylic acids is 1. The maximum Gasteiger partial charge on any atom is 0.224 e. The van der Waals surface area contributed by atoms with Gasteiger partial charge in [-0.1, -0.05) is 12.1 Å². The number of amides is 1. The van der Waals surface area contributed by atoms with Gasteiger partial charge in [-0.25, -0.2) is 13.8 Å². The molecule has 140 valence electrons. The number of oxazole rings is 1. The van der Waals surface area contributed by atoms with Crippen LogP contribution in [0.3, 0.4) is 0 Å². The van der Waals surface area contributed by atoms with E-state index in [1.54, 1.807) is 12.3 Å². The third-order valence-electron chi connectivity index (χ3n) is 4.22. The van der Waals surface area contributed by atoms with Gasteiger partial charge in [0, 0.05) is 30.1 Å². The number of nitrogens with zero attached hydrogens (tertiary/aromatic N) is 2. The van der Waals surface area contributed by atoms with Crippen molar-refractivity contribution < 1.29 is 18.0 Å². The Morgan fingerprint density at radius 2 is 1.86 bits per heavy atom. The van der Waals surface area contributed by atoms with Crippen molar-refractivity contribution in [2.24, 2.45) is 0 Å². The molecule has 1 N–H and O–H groups in total. The van der Waals surface area contributed by atoms with Crippen molar-refractivity contribution in [3.8, 4) is 11.3 Å². The van der Waals surface area contributed by atoms with Gasteiger partial charge in [-0.15, -0.1) is 0 Å². The number of fused-ring (bicyclic) bond motifs is 1. The number of hydrogen-bond acceptors (Lipinski definition) is 4. The summed E-state index contributed by atoms with van der Waals surface area (Å²) in [5, 5.41) is 3.73. The number of nitrogens with one attached hydrogen (secondary N) is 1. The fourth-order valence-electron chi connectivity index (χ4n) is 2.87. The molecule has 0 saturated carbocycles. The summed E-state index contributed by atoms with van der Waals surface area (Å²) in [6.45, 7) is 0. The summed E-state index contributed by atoms with van der Waals surface area (Å²) < 4.78 is 33.0. The highest BCUT2D eigenvalue weighted by atomic mass is 19.1. The van der Waals surface area contributed by atoms with Crippen molar-refractivity contribution in [1.29, 1.82) is 0 Å². The Labute approximate surface area is 159 Å². The molecule has 0 unspecified atom stereocenters. The Bertz CT molecular complexity index is 1140. The average Bonchev–Trinajstić information content (AvgIpc) is 3.15. The summed E-state index contributed by atoms with van der Waals surface area (Å²) in [4.78, 5) is 20.4. The number of pyridine rings is 1. The lowest BCUT2D eigenvalue weighted by molar-refractivity contribution is -0.116. The second kappa shape index (κ2) is 7.56. The molecule has 0 spiro atoms. The topological polar surface area (TPSA) is 68.0 Å². The number of halogens is 2. The minimum Gasteiger partial charge on any atom is -0.441 e. The van der Waals surface area contributed by atoms with Gasteiger partial charge in [0.25, 0.3) is 0 Å². The maximum atomic E-state index is 13.8. The minimum atomic E-state index is -0.730. The number of aromatic nitrogens is 2. The zero-order chi connectivity index (χ0) is 19.5. The van der Waals surface area contributed by atoms with Crippen LogP contribution in [0.1, 0.15) is 12.3 Å². The summed E-state index contributed by atoms with van der Waals surface area (Å²) in [6.07, 6.45) is 3.28. The van der Waals surface area contributed by atoms with E-state index in [9.17, 15) is 13.6 Å². The van der Waals surface area contributed by atoms with Crippen molar-refractivity contribution in [2.75, 3.05) is 5.32 Å². The molecule has 2 aromatic carbocycles. The Morgan fingerprint density at radius 1 is 1.04 bits per heavy atom. The highest BCUT2D eigenvalue weighted by molar-refractivity contribution is 5.93. The predicted molar refractivity (Wildman–Crippen MR) is 101 cm³/mol. The normalized spacial score (nSPS) is 10.9. The lowest BCUT2D eigenvalue weighted by atomic mass is 10.1. The molecule has 0 radical (unpaired) electrons. The molecular formula is C21H15F2N3O2. The quantitative estimate of drug-likeness (QED) is 0.544. The molecule has 5 nitrogen and oxygen atoms in total. The van der Waals surface area contributed by atoms with Crippen LogP contribution < -0.4 is 5.32 Å². The second-order valence-corrected chi connectivity index (χ2v) is 6.17. The van der Waals surface area contributed by atoms with Crippen LogP contribution in [0.15, 0.2) is 65.3 Å². The standard InChI is InChI=1S/C21H15F2N3O2/c22-15-4-1-5-16(23)21(15)18-12-25-20(28-18)9-8-19(27)26-14-6-7-17-13(11-14)3-2-10-24-17/h1-7,10-12H,8-9H2,(H,26,27). The number of rotatable bonds is 5. The van der Waals surface area contributed by atoms with Gasteiger partial charge in [-0.05, 0) is 36.4 Å². The molecule has 7 heteroatoms. The SMILES string of the molecule is O=C(CCc1ncc(-c2c(F)cccc2F)o1)Nc1ccc2ncccc2c1. The van der Waals surface area contributed by atoms with Gasteiger partial charge in [-0.2, -0.15) is 0 Å². The van der Waals surface area contributed by atoms with Crippen LogP contribution in [0.5, 0.6) is 0 Å². The van der Waals surface area contributed by atoms with Gasteiger partial charge in [0.05, 0.1) is 17.3 Å². The molecule has 4 rings (SSSR count). The fraction of sp³-hybridized carbons (Fsp3) is 0.0952. The zero-order valence-electron chi connectivity index (χ0n) is 14.7. The van der Waals surface area contributed by atoms with E-state index in [4.69, 9.17) is 4.42 Å². The Hall–Kier alpha value is -3.61. The smallest absolute Gasteiger partial charge is 0.224 e. The van der Waals surface area contributed by atoms with E-state index in [1.165, 1.54) is 12.3 Å². The fourth-order valence-corrected chi connectivity index (χ4v) is 2.87. The molecule has 4 aromatic rings. The number of aryl methyl sites for hydroxylation is 1. The van der Waals surface area contributed by atoms with E-state index in [1.807, 2.05) is 24.3 Å². The van der Waals surface area contributed by atoms with Gasteiger partial charge >= 0.3 is 0 Å². The summed E-state index contributed by atoms with van der Waals surface area (Å²) in [7, 11) is 0. The first kappa shape index (κ1) is 17.8. The van der Waals surface area contributed by atoms with Crippen molar-refractivity contribution in [2.45, 2.75) is 12.8 Å². The van der Waals surface area contributed by atoms with Gasteiger partial charge in [-0.3, -0.25) is 9.78 Å². The molecule has 0 atom stereocenters. The average molecular weight is 379 g/mol. The van der Waals surface area contributed by atoms with E-state index in [0.29, 0.717) is 5.69 Å². The summed E-state index contributed by atoms with van der Waals surface area (Å²) >= 11 is 0. The molecule has 2 aromatic heterocycles. The Morgan fingerprint density at radius 3 is 2.68 bits per heavy atom. The molecule has 2 heterocycles. The molecule has 0 aliphatic carbocycles. The molecule has 0 saturated heterocycles. The number of hydrogen-bond donors (Lipinski definition) is 1. The predicted octanol–water partition coefficient (Wildman–Crippen LogP) is 4.74. The van der Waals surface area contributed by atoms with E-state index in [-0.39, 0.29) is 36.0 Å². The van der Waals surface area contributed by atoms with E-state index in [2.05, 4.69) is 15.3 Å². The largest absolute Gasteiger partial charge is 0.441 e. The van der Waals surface area contributed by atoms with Crippen LogP contribution >= 0.6 is 0 Å². The molecule has 0 bridgehead atoms. The monoisotopic (exact) mass is 379 g/mol. The van der Waals surface area contributed by atoms with Gasteiger partial charge in [0.15, 0.2) is 11.7 Å². The van der Waals surface area contributed by atoms with Gasteiger partial charge in [0.1, 0.15) is 11.6 Å². The minimum absolute atomic E-state index is 0.00645. The van der Waals surface area contributed by atoms with Crippen molar-refractivity contribution in [3.63, 3.8) is 0 Å². The summed E-state index contributed by atoms with van der Waals surface area (Å²) in [5.74, 6) is -1.46. The molecule has 0 fully saturated rings. The first-order valence-corrected chi connectivity index (χ1v) is 8.64. The van der Waals surface area contributed by atoms with Gasteiger partial charge in [0.2, 0.25) is 5.91 Å². The molecular weight excluding hydrogens is 364 g/mol. The first-order valence-electron chi connectivity index (χ1n) is 8.64.